The van der Waals surface area contributed by atoms with E-state index in [2.05, 4.69) is 10.4 Å². The maximum Gasteiger partial charge on any atom is 0.252 e. The van der Waals surface area contributed by atoms with Crippen molar-refractivity contribution >= 4 is 27.5 Å². The zero-order valence-electron chi connectivity index (χ0n) is 17.5. The fourth-order valence-electron chi connectivity index (χ4n) is 3.20. The van der Waals surface area contributed by atoms with Gasteiger partial charge in [0.05, 0.1) is 21.2 Å². The second-order valence-corrected chi connectivity index (χ2v) is 9.20. The summed E-state index contributed by atoms with van der Waals surface area (Å²) in [6.45, 7) is 4.63. The Balaban J connectivity index is 1.65. The summed E-state index contributed by atoms with van der Waals surface area (Å²) >= 11 is 6.17. The summed E-state index contributed by atoms with van der Waals surface area (Å²) in [7, 11) is -3.67. The second kappa shape index (κ2) is 10.1. The lowest BCUT2D eigenvalue weighted by Crippen LogP contribution is -2.31. The summed E-state index contributed by atoms with van der Waals surface area (Å²) in [5.74, 6) is -0.408. The highest BCUT2D eigenvalue weighted by Gasteiger charge is 2.23. The number of nitrogens with zero attached hydrogens (tertiary/aromatic N) is 3. The van der Waals surface area contributed by atoms with Crippen LogP contribution in [0.2, 0.25) is 5.02 Å². The zero-order chi connectivity index (χ0) is 22.4. The van der Waals surface area contributed by atoms with Crippen LogP contribution in [0.25, 0.3) is 5.69 Å². The Labute approximate surface area is 187 Å². The third-order valence-corrected chi connectivity index (χ3v) is 7.31. The summed E-state index contributed by atoms with van der Waals surface area (Å²) in [6, 6.07) is 13.9. The van der Waals surface area contributed by atoms with Gasteiger partial charge in [0.15, 0.2) is 0 Å². The first kappa shape index (κ1) is 23.0. The Hall–Kier alpha value is -2.68. The molecule has 0 saturated heterocycles. The van der Waals surface area contributed by atoms with Gasteiger partial charge < -0.3 is 5.32 Å². The molecule has 9 heteroatoms. The minimum absolute atomic E-state index is 0.0555. The van der Waals surface area contributed by atoms with Gasteiger partial charge in [0.1, 0.15) is 0 Å². The van der Waals surface area contributed by atoms with Crippen molar-refractivity contribution in [3.63, 3.8) is 0 Å². The molecule has 1 heterocycles. The minimum Gasteiger partial charge on any atom is -0.352 e. The van der Waals surface area contributed by atoms with E-state index in [4.69, 9.17) is 11.6 Å². The SMILES string of the molecule is CCN(CC)S(=O)(=O)c1ccc(Cl)c(C(=O)NCCc2ccc(-n3cccn3)cc2)c1. The third-order valence-electron chi connectivity index (χ3n) is 4.93. The summed E-state index contributed by atoms with van der Waals surface area (Å²) in [5, 5.41) is 7.22. The van der Waals surface area contributed by atoms with Crippen LogP contribution < -0.4 is 5.32 Å². The van der Waals surface area contributed by atoms with Crippen LogP contribution in [-0.2, 0) is 16.4 Å². The Bertz CT molecular complexity index is 1130. The van der Waals surface area contributed by atoms with E-state index >= 15 is 0 Å². The van der Waals surface area contributed by atoms with Gasteiger partial charge in [-0.3, -0.25) is 4.79 Å². The smallest absolute Gasteiger partial charge is 0.252 e. The minimum atomic E-state index is -3.67. The topological polar surface area (TPSA) is 84.3 Å². The molecule has 3 rings (SSSR count). The van der Waals surface area contributed by atoms with Gasteiger partial charge in [-0.1, -0.05) is 37.6 Å². The van der Waals surface area contributed by atoms with Crippen molar-refractivity contribution in [3.05, 3.63) is 77.1 Å². The number of aromatic nitrogens is 2. The molecule has 1 amide bonds. The Morgan fingerprint density at radius 1 is 1.13 bits per heavy atom. The molecule has 1 aromatic heterocycles. The van der Waals surface area contributed by atoms with Gasteiger partial charge in [0.25, 0.3) is 5.91 Å². The van der Waals surface area contributed by atoms with Gasteiger partial charge in [-0.15, -0.1) is 0 Å². The van der Waals surface area contributed by atoms with Crippen LogP contribution in [0.5, 0.6) is 0 Å². The van der Waals surface area contributed by atoms with E-state index in [1.54, 1.807) is 24.7 Å². The van der Waals surface area contributed by atoms with Crippen molar-refractivity contribution in [1.29, 1.82) is 0 Å². The Morgan fingerprint density at radius 3 is 2.45 bits per heavy atom. The number of amides is 1. The van der Waals surface area contributed by atoms with Crippen LogP contribution in [0.3, 0.4) is 0 Å². The molecule has 0 aliphatic heterocycles. The molecular formula is C22H25ClN4O3S. The van der Waals surface area contributed by atoms with Gasteiger partial charge in [-0.2, -0.15) is 9.40 Å². The third kappa shape index (κ3) is 5.33. The highest BCUT2D eigenvalue weighted by Crippen LogP contribution is 2.23. The van der Waals surface area contributed by atoms with Crippen LogP contribution >= 0.6 is 11.6 Å². The maximum atomic E-state index is 12.7. The number of sulfonamides is 1. The first-order chi connectivity index (χ1) is 14.9. The molecule has 0 fully saturated rings. The van der Waals surface area contributed by atoms with E-state index in [1.165, 1.54) is 22.5 Å². The van der Waals surface area contributed by atoms with Crippen LogP contribution in [0.1, 0.15) is 29.8 Å². The van der Waals surface area contributed by atoms with Crippen LogP contribution in [0, 0.1) is 0 Å². The van der Waals surface area contributed by atoms with E-state index in [-0.39, 0.29) is 15.5 Å². The van der Waals surface area contributed by atoms with Crippen LogP contribution in [0.15, 0.2) is 65.8 Å². The largest absolute Gasteiger partial charge is 0.352 e. The van der Waals surface area contributed by atoms with Crippen LogP contribution in [0.4, 0.5) is 0 Å². The summed E-state index contributed by atoms with van der Waals surface area (Å²) in [5.41, 5.74) is 2.15. The zero-order valence-corrected chi connectivity index (χ0v) is 19.0. The second-order valence-electron chi connectivity index (χ2n) is 6.85. The standard InChI is InChI=1S/C22H25ClN4O3S/c1-3-26(4-2)31(29,30)19-10-11-21(23)20(16-19)22(28)24-14-12-17-6-8-18(9-7-17)27-15-5-13-25-27/h5-11,13,15-16H,3-4,12,14H2,1-2H3,(H,24,28). The quantitative estimate of drug-likeness (QED) is 0.529. The summed E-state index contributed by atoms with van der Waals surface area (Å²) in [6.07, 6.45) is 4.21. The first-order valence-corrected chi connectivity index (χ1v) is 11.9. The highest BCUT2D eigenvalue weighted by molar-refractivity contribution is 7.89. The normalized spacial score (nSPS) is 11.6. The van der Waals surface area contributed by atoms with Gasteiger partial charge in [-0.05, 0) is 48.4 Å². The van der Waals surface area contributed by atoms with E-state index in [9.17, 15) is 13.2 Å². The predicted octanol–water partition coefficient (Wildman–Crippen LogP) is 3.53. The first-order valence-electron chi connectivity index (χ1n) is 10.0. The lowest BCUT2D eigenvalue weighted by molar-refractivity contribution is 0.0954. The number of rotatable bonds is 9. The van der Waals surface area contributed by atoms with Crippen molar-refractivity contribution in [2.45, 2.75) is 25.2 Å². The summed E-state index contributed by atoms with van der Waals surface area (Å²) in [4.78, 5) is 12.7. The molecule has 7 nitrogen and oxygen atoms in total. The molecule has 2 aromatic carbocycles. The molecule has 1 N–H and O–H groups in total. The molecule has 0 radical (unpaired) electrons. The molecule has 0 bridgehead atoms. The molecule has 31 heavy (non-hydrogen) atoms. The number of nitrogens with one attached hydrogen (secondary N) is 1. The van der Waals surface area contributed by atoms with Crippen molar-refractivity contribution in [3.8, 4) is 5.69 Å². The van der Waals surface area contributed by atoms with Gasteiger partial charge in [0.2, 0.25) is 10.0 Å². The maximum absolute atomic E-state index is 12.7. The lowest BCUT2D eigenvalue weighted by Gasteiger charge is -2.19. The van der Waals surface area contributed by atoms with Crippen molar-refractivity contribution in [2.24, 2.45) is 0 Å². The van der Waals surface area contributed by atoms with E-state index in [1.807, 2.05) is 36.5 Å². The monoisotopic (exact) mass is 460 g/mol. The van der Waals surface area contributed by atoms with E-state index < -0.39 is 15.9 Å². The van der Waals surface area contributed by atoms with Gasteiger partial charge >= 0.3 is 0 Å². The van der Waals surface area contributed by atoms with E-state index in [0.717, 1.165) is 11.3 Å². The number of carbonyl (C=O) groups is 1. The highest BCUT2D eigenvalue weighted by atomic mass is 35.5. The number of halogens is 1. The van der Waals surface area contributed by atoms with E-state index in [0.29, 0.717) is 26.1 Å². The molecule has 0 atom stereocenters. The fourth-order valence-corrected chi connectivity index (χ4v) is 4.89. The molecular weight excluding hydrogens is 436 g/mol. The predicted molar refractivity (Wildman–Crippen MR) is 121 cm³/mol. The van der Waals surface area contributed by atoms with Crippen LogP contribution in [-0.4, -0.2) is 48.0 Å². The Morgan fingerprint density at radius 2 is 1.84 bits per heavy atom. The summed E-state index contributed by atoms with van der Waals surface area (Å²) < 4.78 is 28.6. The molecule has 0 unspecified atom stereocenters. The number of carbonyl (C=O) groups excluding carboxylic acids is 1. The molecule has 0 saturated carbocycles. The molecule has 0 spiro atoms. The fraction of sp³-hybridized carbons (Fsp3) is 0.273. The van der Waals surface area contributed by atoms with Crippen molar-refractivity contribution in [2.75, 3.05) is 19.6 Å². The molecule has 3 aromatic rings. The molecule has 164 valence electrons. The average Bonchev–Trinajstić information content (AvgIpc) is 3.30. The number of hydrogen-bond acceptors (Lipinski definition) is 4. The molecule has 0 aliphatic rings. The average molecular weight is 461 g/mol. The molecule has 0 aliphatic carbocycles. The van der Waals surface area contributed by atoms with Gasteiger partial charge in [-0.25, -0.2) is 13.1 Å². The lowest BCUT2D eigenvalue weighted by atomic mass is 10.1. The Kier molecular flexibility index (Phi) is 7.48. The number of benzene rings is 2. The van der Waals surface area contributed by atoms with Crippen molar-refractivity contribution < 1.29 is 13.2 Å². The number of hydrogen-bond donors (Lipinski definition) is 1. The van der Waals surface area contributed by atoms with Gasteiger partial charge in [0, 0.05) is 32.0 Å². The van der Waals surface area contributed by atoms with Crippen molar-refractivity contribution in [1.82, 2.24) is 19.4 Å².